The van der Waals surface area contributed by atoms with Crippen molar-refractivity contribution in [1.82, 2.24) is 9.80 Å². The van der Waals surface area contributed by atoms with Crippen LogP contribution in [-0.2, 0) is 20.8 Å². The molecule has 0 aliphatic carbocycles. The van der Waals surface area contributed by atoms with Gasteiger partial charge in [0.25, 0.3) is 11.8 Å². The molecule has 2 atom stereocenters. The molecule has 0 bridgehead atoms. The van der Waals surface area contributed by atoms with Crippen molar-refractivity contribution >= 4 is 46.5 Å². The molecule has 1 fully saturated rings. The largest absolute Gasteiger partial charge is 0.478 e. The minimum absolute atomic E-state index is 0.0260. The Hall–Kier alpha value is -4.69. The maximum atomic E-state index is 14.7. The van der Waals surface area contributed by atoms with E-state index in [4.69, 9.17) is 16.4 Å². The molecule has 2 N–H and O–H groups in total. The maximum Gasteiger partial charge on any atom is 0.401 e. The summed E-state index contributed by atoms with van der Waals surface area (Å²) in [6.07, 6.45) is -5.15. The van der Waals surface area contributed by atoms with Gasteiger partial charge in [-0.2, -0.15) is 13.2 Å². The summed E-state index contributed by atoms with van der Waals surface area (Å²) < 4.78 is 53.7. The molecule has 2 amide bonds. The number of carboxylic acid groups (broad SMARTS) is 1. The molecule has 0 spiro atoms. The molecular formula is C33H30ClF4N5O5. The number of amides is 2. The number of hydrogen-bond donors (Lipinski definition) is 2. The number of anilines is 2. The van der Waals surface area contributed by atoms with Crippen molar-refractivity contribution in [1.29, 1.82) is 0 Å². The lowest BCUT2D eigenvalue weighted by molar-refractivity contribution is -0.148. The lowest BCUT2D eigenvalue weighted by Crippen LogP contribution is -2.51. The quantitative estimate of drug-likeness (QED) is 0.332. The van der Waals surface area contributed by atoms with Crippen molar-refractivity contribution in [3.63, 3.8) is 0 Å². The van der Waals surface area contributed by atoms with E-state index >= 15 is 0 Å². The highest BCUT2D eigenvalue weighted by atomic mass is 35.5. The second kappa shape index (κ2) is 13.4. The van der Waals surface area contributed by atoms with E-state index in [1.807, 2.05) is 11.0 Å². The second-order valence-corrected chi connectivity index (χ2v) is 12.1. The first-order valence-electron chi connectivity index (χ1n) is 15.2. The average molecular weight is 688 g/mol. The topological polar surface area (TPSA) is 115 Å². The Labute approximate surface area is 277 Å². The van der Waals surface area contributed by atoms with Gasteiger partial charge in [0.15, 0.2) is 5.82 Å². The van der Waals surface area contributed by atoms with E-state index < -0.39 is 48.5 Å². The smallest absolute Gasteiger partial charge is 0.401 e. The Bertz CT molecular complexity index is 1760. The van der Waals surface area contributed by atoms with E-state index in [-0.39, 0.29) is 47.9 Å². The van der Waals surface area contributed by atoms with Crippen LogP contribution in [0.4, 0.5) is 28.9 Å². The van der Waals surface area contributed by atoms with E-state index in [1.165, 1.54) is 46.2 Å². The van der Waals surface area contributed by atoms with Crippen LogP contribution in [0, 0.1) is 5.82 Å². The molecule has 3 aromatic carbocycles. The minimum atomic E-state index is -4.30. The first kappa shape index (κ1) is 33.2. The summed E-state index contributed by atoms with van der Waals surface area (Å²) in [7, 11) is 0. The Morgan fingerprint density at radius 2 is 1.69 bits per heavy atom. The molecule has 0 saturated carbocycles. The molecule has 1 saturated heterocycles. The van der Waals surface area contributed by atoms with Crippen molar-refractivity contribution < 1.29 is 41.9 Å². The molecule has 48 heavy (non-hydrogen) atoms. The lowest BCUT2D eigenvalue weighted by Gasteiger charge is -2.41. The number of nitrogens with zero attached hydrogens (tertiary/aromatic N) is 4. The fourth-order valence-electron chi connectivity index (χ4n) is 6.35. The molecular weight excluding hydrogens is 658 g/mol. The standard InChI is InChI=1S/C33H30ClF4N5O5/c34-24-5-1-4-23(28(24)35)25-17-27(48-40-25)31(45)43-12-11-21-22(29(43)30(44)39-20-9-7-19(8-10-20)32(46)47)3-2-6-26(21)42-15-13-41(14-16-42)18-33(36,37)38/h1-10,27,29H,11-18H2,(H,39,44)(H,46,47)/t27?,29-/m0/s1. The zero-order valence-corrected chi connectivity index (χ0v) is 26.1. The van der Waals surface area contributed by atoms with Crippen molar-refractivity contribution in [3.05, 3.63) is 93.8 Å². The highest BCUT2D eigenvalue weighted by molar-refractivity contribution is 6.31. The Morgan fingerprint density at radius 1 is 0.979 bits per heavy atom. The SMILES string of the molecule is O=C(O)c1ccc(NC(=O)[C@@H]2c3cccc(N4CCN(CC(F)(F)F)CC4)c3CCN2C(=O)C2CC(c3cccc(Cl)c3F)=NO2)cc1. The third-order valence-corrected chi connectivity index (χ3v) is 8.94. The molecule has 252 valence electrons. The van der Waals surface area contributed by atoms with E-state index in [0.29, 0.717) is 30.8 Å². The monoisotopic (exact) mass is 687 g/mol. The van der Waals surface area contributed by atoms with Crippen LogP contribution in [0.2, 0.25) is 5.02 Å². The highest BCUT2D eigenvalue weighted by Crippen LogP contribution is 2.38. The Kier molecular flexibility index (Phi) is 9.30. The summed E-state index contributed by atoms with van der Waals surface area (Å²) in [6, 6.07) is 14.1. The van der Waals surface area contributed by atoms with Crippen LogP contribution in [-0.4, -0.2) is 90.0 Å². The van der Waals surface area contributed by atoms with E-state index in [2.05, 4.69) is 10.5 Å². The summed E-state index contributed by atoms with van der Waals surface area (Å²) in [5, 5.41) is 15.9. The predicted octanol–water partition coefficient (Wildman–Crippen LogP) is 5.12. The highest BCUT2D eigenvalue weighted by Gasteiger charge is 2.43. The Morgan fingerprint density at radius 3 is 2.38 bits per heavy atom. The van der Waals surface area contributed by atoms with E-state index in [9.17, 15) is 37.1 Å². The molecule has 3 aromatic rings. The number of halogens is 5. The molecule has 15 heteroatoms. The predicted molar refractivity (Wildman–Crippen MR) is 169 cm³/mol. The minimum Gasteiger partial charge on any atom is -0.478 e. The average Bonchev–Trinajstić information content (AvgIpc) is 3.55. The normalized spacial score (nSPS) is 19.7. The van der Waals surface area contributed by atoms with Crippen LogP contribution in [0.3, 0.4) is 0 Å². The maximum absolute atomic E-state index is 14.7. The zero-order valence-electron chi connectivity index (χ0n) is 25.3. The summed E-state index contributed by atoms with van der Waals surface area (Å²) >= 11 is 5.94. The number of oxime groups is 1. The molecule has 0 aromatic heterocycles. The number of rotatable bonds is 7. The first-order chi connectivity index (χ1) is 22.9. The van der Waals surface area contributed by atoms with Gasteiger partial charge in [0.05, 0.1) is 22.8 Å². The number of carbonyl (C=O) groups is 3. The van der Waals surface area contributed by atoms with Crippen molar-refractivity contribution in [3.8, 4) is 0 Å². The summed E-state index contributed by atoms with van der Waals surface area (Å²) in [4.78, 5) is 49.6. The van der Waals surface area contributed by atoms with Gasteiger partial charge < -0.3 is 25.1 Å². The van der Waals surface area contributed by atoms with Gasteiger partial charge in [-0.05, 0) is 60.0 Å². The van der Waals surface area contributed by atoms with E-state index in [0.717, 1.165) is 11.3 Å². The Balaban J connectivity index is 1.27. The van der Waals surface area contributed by atoms with Crippen LogP contribution < -0.4 is 10.2 Å². The second-order valence-electron chi connectivity index (χ2n) is 11.7. The van der Waals surface area contributed by atoms with Crippen LogP contribution in [0.15, 0.2) is 65.8 Å². The molecule has 0 radical (unpaired) electrons. The summed E-state index contributed by atoms with van der Waals surface area (Å²) in [6.45, 7) is 0.222. The van der Waals surface area contributed by atoms with Gasteiger partial charge in [-0.15, -0.1) is 0 Å². The van der Waals surface area contributed by atoms with Crippen LogP contribution in [0.5, 0.6) is 0 Å². The summed E-state index contributed by atoms with van der Waals surface area (Å²) in [5.74, 6) is -2.94. The number of piperazine rings is 1. The number of aromatic carboxylic acids is 1. The van der Waals surface area contributed by atoms with Gasteiger partial charge in [-0.25, -0.2) is 9.18 Å². The van der Waals surface area contributed by atoms with Crippen molar-refractivity contribution in [2.45, 2.75) is 31.2 Å². The van der Waals surface area contributed by atoms with Gasteiger partial charge in [0.1, 0.15) is 6.04 Å². The van der Waals surface area contributed by atoms with E-state index in [1.54, 1.807) is 18.2 Å². The number of carboxylic acids is 1. The third kappa shape index (κ3) is 6.95. The molecule has 3 aliphatic heterocycles. The third-order valence-electron chi connectivity index (χ3n) is 8.65. The van der Waals surface area contributed by atoms with Crippen LogP contribution in [0.25, 0.3) is 0 Å². The number of fused-ring (bicyclic) bond motifs is 1. The van der Waals surface area contributed by atoms with Gasteiger partial charge >= 0.3 is 12.1 Å². The van der Waals surface area contributed by atoms with Crippen molar-refractivity contribution in [2.75, 3.05) is 49.5 Å². The molecule has 10 nitrogen and oxygen atoms in total. The summed E-state index contributed by atoms with van der Waals surface area (Å²) in [5.41, 5.74) is 2.72. The van der Waals surface area contributed by atoms with Crippen LogP contribution >= 0.6 is 11.6 Å². The van der Waals surface area contributed by atoms with Gasteiger partial charge in [-0.1, -0.05) is 35.0 Å². The number of nitrogens with one attached hydrogen (secondary N) is 1. The van der Waals surface area contributed by atoms with Crippen molar-refractivity contribution in [2.24, 2.45) is 5.16 Å². The number of carbonyl (C=O) groups excluding carboxylic acids is 2. The number of alkyl halides is 3. The van der Waals surface area contributed by atoms with Gasteiger partial charge in [0.2, 0.25) is 6.10 Å². The van der Waals surface area contributed by atoms with Gasteiger partial charge in [-0.3, -0.25) is 14.5 Å². The molecule has 6 rings (SSSR count). The number of hydrogen-bond acceptors (Lipinski definition) is 7. The fraction of sp³-hybridized carbons (Fsp3) is 0.333. The molecule has 3 aliphatic rings. The fourth-order valence-corrected chi connectivity index (χ4v) is 6.53. The first-order valence-corrected chi connectivity index (χ1v) is 15.5. The van der Waals surface area contributed by atoms with Gasteiger partial charge in [0, 0.05) is 56.1 Å². The van der Waals surface area contributed by atoms with Crippen LogP contribution in [0.1, 0.15) is 39.5 Å². The lowest BCUT2D eigenvalue weighted by atomic mass is 9.89. The molecule has 1 unspecified atom stereocenters. The number of benzene rings is 3. The zero-order chi connectivity index (χ0) is 34.2. The molecule has 3 heterocycles.